The van der Waals surface area contributed by atoms with E-state index >= 15 is 0 Å². The number of amides is 1. The van der Waals surface area contributed by atoms with Gasteiger partial charge in [-0.2, -0.15) is 0 Å². The number of aromatic nitrogens is 1. The zero-order chi connectivity index (χ0) is 20.2. The Labute approximate surface area is 165 Å². The predicted molar refractivity (Wildman–Crippen MR) is 107 cm³/mol. The van der Waals surface area contributed by atoms with Crippen molar-refractivity contribution in [3.05, 3.63) is 78.6 Å². The van der Waals surface area contributed by atoms with Crippen LogP contribution in [0.1, 0.15) is 0 Å². The quantitative estimate of drug-likeness (QED) is 0.450. The number of halogens is 1. The summed E-state index contributed by atoms with van der Waals surface area (Å²) in [4.78, 5) is 14.8. The number of carbonyl (C=O) groups is 1. The fourth-order valence-electron chi connectivity index (χ4n) is 2.96. The minimum absolute atomic E-state index is 0.00228. The van der Waals surface area contributed by atoms with Crippen LogP contribution in [0.5, 0.6) is 11.6 Å². The lowest BCUT2D eigenvalue weighted by atomic mass is 10.1. The van der Waals surface area contributed by atoms with E-state index in [0.29, 0.717) is 16.7 Å². The number of hydrogen-bond acceptors (Lipinski definition) is 4. The van der Waals surface area contributed by atoms with E-state index in [4.69, 9.17) is 4.74 Å². The van der Waals surface area contributed by atoms with Gasteiger partial charge in [-0.05, 0) is 29.8 Å². The number of carbonyl (C=O) groups excluding carboxylic acids is 1. The number of aromatic hydroxyl groups is 1. The summed E-state index contributed by atoms with van der Waals surface area (Å²) in [6.45, 7) is -0.329. The molecule has 144 valence electrons. The van der Waals surface area contributed by atoms with Gasteiger partial charge in [0.05, 0.1) is 5.52 Å². The van der Waals surface area contributed by atoms with Crippen molar-refractivity contribution in [2.75, 3.05) is 6.61 Å². The molecule has 0 fully saturated rings. The lowest BCUT2D eigenvalue weighted by molar-refractivity contribution is -0.120. The van der Waals surface area contributed by atoms with Gasteiger partial charge < -0.3 is 14.8 Å². The fourth-order valence-corrected chi connectivity index (χ4v) is 2.96. The minimum Gasteiger partial charge on any atom is -0.493 e. The van der Waals surface area contributed by atoms with Gasteiger partial charge >= 0.3 is 5.91 Å². The SMILES string of the molecule is O=C(COc1ccccc1-c1ccccc1)N=Nc1c(O)[nH]c2ccc(F)cc12. The highest BCUT2D eigenvalue weighted by Gasteiger charge is 2.12. The van der Waals surface area contributed by atoms with E-state index in [0.717, 1.165) is 11.1 Å². The second-order valence-electron chi connectivity index (χ2n) is 6.26. The maximum Gasteiger partial charge on any atom is 0.302 e. The smallest absolute Gasteiger partial charge is 0.302 e. The highest BCUT2D eigenvalue weighted by Crippen LogP contribution is 2.35. The molecule has 3 aromatic carbocycles. The molecule has 0 radical (unpaired) electrons. The van der Waals surface area contributed by atoms with Gasteiger partial charge in [0.2, 0.25) is 5.88 Å². The predicted octanol–water partition coefficient (Wildman–Crippen LogP) is 5.37. The molecule has 0 aliphatic heterocycles. The molecule has 4 rings (SSSR count). The number of H-pyrrole nitrogens is 1. The normalized spacial score (nSPS) is 11.2. The van der Waals surface area contributed by atoms with E-state index in [9.17, 15) is 14.3 Å². The Hall–Kier alpha value is -4.00. The van der Waals surface area contributed by atoms with Gasteiger partial charge in [0.1, 0.15) is 11.6 Å². The van der Waals surface area contributed by atoms with Crippen LogP contribution in [0, 0.1) is 5.82 Å². The number of para-hydroxylation sites is 1. The van der Waals surface area contributed by atoms with E-state index < -0.39 is 11.7 Å². The first-order chi connectivity index (χ1) is 14.1. The van der Waals surface area contributed by atoms with Crippen molar-refractivity contribution in [3.8, 4) is 22.8 Å². The lowest BCUT2D eigenvalue weighted by Gasteiger charge is -2.10. The molecule has 0 spiro atoms. The second-order valence-corrected chi connectivity index (χ2v) is 6.26. The highest BCUT2D eigenvalue weighted by atomic mass is 19.1. The molecule has 2 N–H and O–H groups in total. The molecule has 0 bridgehead atoms. The van der Waals surface area contributed by atoms with Gasteiger partial charge in [-0.15, -0.1) is 10.2 Å². The molecule has 4 aromatic rings. The van der Waals surface area contributed by atoms with Crippen LogP contribution in [0.4, 0.5) is 10.1 Å². The van der Waals surface area contributed by atoms with Crippen LogP contribution in [0.3, 0.4) is 0 Å². The maximum atomic E-state index is 13.5. The number of ether oxygens (including phenoxy) is 1. The third-order valence-electron chi connectivity index (χ3n) is 4.30. The van der Waals surface area contributed by atoms with Crippen molar-refractivity contribution in [1.82, 2.24) is 4.98 Å². The minimum atomic E-state index is -0.641. The molecule has 7 heteroatoms. The van der Waals surface area contributed by atoms with Crippen LogP contribution in [0.2, 0.25) is 0 Å². The van der Waals surface area contributed by atoms with Crippen LogP contribution in [-0.4, -0.2) is 22.6 Å². The largest absolute Gasteiger partial charge is 0.493 e. The van der Waals surface area contributed by atoms with Gasteiger partial charge in [-0.25, -0.2) is 4.39 Å². The zero-order valence-corrected chi connectivity index (χ0v) is 15.2. The number of azo groups is 1. The summed E-state index contributed by atoms with van der Waals surface area (Å²) in [6, 6.07) is 20.9. The summed E-state index contributed by atoms with van der Waals surface area (Å²) in [6.07, 6.45) is 0. The average Bonchev–Trinajstić information content (AvgIpc) is 3.06. The van der Waals surface area contributed by atoms with Gasteiger partial charge in [-0.1, -0.05) is 48.5 Å². The molecule has 0 aliphatic carbocycles. The van der Waals surface area contributed by atoms with Crippen molar-refractivity contribution in [3.63, 3.8) is 0 Å². The van der Waals surface area contributed by atoms with E-state index in [-0.39, 0.29) is 18.2 Å². The molecular formula is C22H16FN3O3. The monoisotopic (exact) mass is 389 g/mol. The summed E-state index contributed by atoms with van der Waals surface area (Å²) < 4.78 is 19.1. The number of rotatable bonds is 5. The molecule has 0 atom stereocenters. The molecule has 1 amide bonds. The first-order valence-corrected chi connectivity index (χ1v) is 8.84. The fraction of sp³-hybridized carbons (Fsp3) is 0.0455. The van der Waals surface area contributed by atoms with Crippen LogP contribution in [0.25, 0.3) is 22.0 Å². The highest BCUT2D eigenvalue weighted by molar-refractivity contribution is 5.94. The van der Waals surface area contributed by atoms with Crippen LogP contribution in [0.15, 0.2) is 83.0 Å². The Bertz CT molecular complexity index is 1200. The summed E-state index contributed by atoms with van der Waals surface area (Å²) in [5, 5.41) is 17.6. The van der Waals surface area contributed by atoms with Crippen LogP contribution >= 0.6 is 0 Å². The molecule has 0 unspecified atom stereocenters. The number of hydrogen-bond donors (Lipinski definition) is 2. The Morgan fingerprint density at radius 2 is 1.79 bits per heavy atom. The Morgan fingerprint density at radius 3 is 2.62 bits per heavy atom. The standard InChI is InChI=1S/C22H16FN3O3/c23-15-10-11-18-17(12-15)21(22(28)24-18)26-25-20(27)13-29-19-9-5-4-8-16(19)14-6-2-1-3-7-14/h1-12,24,28H,13H2. The Kier molecular flexibility index (Phi) is 5.03. The molecule has 0 aliphatic rings. The third kappa shape index (κ3) is 3.98. The van der Waals surface area contributed by atoms with Crippen molar-refractivity contribution in [1.29, 1.82) is 0 Å². The number of fused-ring (bicyclic) bond motifs is 1. The lowest BCUT2D eigenvalue weighted by Crippen LogP contribution is -2.08. The van der Waals surface area contributed by atoms with Crippen LogP contribution in [-0.2, 0) is 4.79 Å². The molecule has 29 heavy (non-hydrogen) atoms. The third-order valence-corrected chi connectivity index (χ3v) is 4.30. The maximum absolute atomic E-state index is 13.5. The van der Waals surface area contributed by atoms with Crippen molar-refractivity contribution in [2.24, 2.45) is 10.2 Å². The van der Waals surface area contributed by atoms with E-state index in [1.807, 2.05) is 48.5 Å². The molecule has 1 aromatic heterocycles. The van der Waals surface area contributed by atoms with Gasteiger partial charge in [-0.3, -0.25) is 4.79 Å². The van der Waals surface area contributed by atoms with Crippen molar-refractivity contribution in [2.45, 2.75) is 0 Å². The zero-order valence-electron chi connectivity index (χ0n) is 15.2. The van der Waals surface area contributed by atoms with Gasteiger partial charge in [0, 0.05) is 10.9 Å². The summed E-state index contributed by atoms with van der Waals surface area (Å²) >= 11 is 0. The first kappa shape index (κ1) is 18.4. The van der Waals surface area contributed by atoms with E-state index in [1.165, 1.54) is 18.2 Å². The van der Waals surface area contributed by atoms with Gasteiger partial charge in [0.15, 0.2) is 12.3 Å². The molecule has 0 saturated heterocycles. The number of nitrogens with zero attached hydrogens (tertiary/aromatic N) is 2. The number of nitrogens with one attached hydrogen (secondary N) is 1. The molecule has 0 saturated carbocycles. The Morgan fingerprint density at radius 1 is 1.03 bits per heavy atom. The van der Waals surface area contributed by atoms with E-state index in [2.05, 4.69) is 15.2 Å². The van der Waals surface area contributed by atoms with Gasteiger partial charge in [0.25, 0.3) is 0 Å². The molecule has 1 heterocycles. The van der Waals surface area contributed by atoms with Crippen LogP contribution < -0.4 is 4.74 Å². The molecular weight excluding hydrogens is 373 g/mol. The first-order valence-electron chi connectivity index (χ1n) is 8.84. The summed E-state index contributed by atoms with van der Waals surface area (Å²) in [5.41, 5.74) is 2.29. The summed E-state index contributed by atoms with van der Waals surface area (Å²) in [7, 11) is 0. The number of benzene rings is 3. The number of aromatic amines is 1. The van der Waals surface area contributed by atoms with E-state index in [1.54, 1.807) is 6.07 Å². The molecule has 6 nitrogen and oxygen atoms in total. The summed E-state index contributed by atoms with van der Waals surface area (Å²) in [5.74, 6) is -0.880. The topological polar surface area (TPSA) is 87.0 Å². The van der Waals surface area contributed by atoms with Crippen molar-refractivity contribution < 1.29 is 19.0 Å². The average molecular weight is 389 g/mol. The second kappa shape index (κ2) is 7.93. The Balaban J connectivity index is 1.50. The van der Waals surface area contributed by atoms with Crippen molar-refractivity contribution >= 4 is 22.5 Å².